The minimum atomic E-state index is 0.461. The Morgan fingerprint density at radius 1 is 1.47 bits per heavy atom. The summed E-state index contributed by atoms with van der Waals surface area (Å²) in [6.45, 7) is 5.60. The Hall–Kier alpha value is -1.60. The normalized spacial score (nSPS) is 17.6. The number of nitrogens with zero attached hydrogens (tertiary/aromatic N) is 3. The third-order valence-electron chi connectivity index (χ3n) is 3.24. The van der Waals surface area contributed by atoms with E-state index in [9.17, 15) is 0 Å². The van der Waals surface area contributed by atoms with Crippen molar-refractivity contribution in [2.45, 2.75) is 25.8 Å². The van der Waals surface area contributed by atoms with Gasteiger partial charge in [-0.3, -0.25) is 4.90 Å². The second-order valence-corrected chi connectivity index (χ2v) is 4.52. The molecule has 2 rings (SSSR count). The molecule has 1 atom stereocenters. The summed E-state index contributed by atoms with van der Waals surface area (Å²) in [5.41, 5.74) is 1.44. The lowest BCUT2D eigenvalue weighted by Crippen LogP contribution is -2.35. The summed E-state index contributed by atoms with van der Waals surface area (Å²) in [6.07, 6.45) is 4.36. The van der Waals surface area contributed by atoms with Gasteiger partial charge < -0.3 is 5.32 Å². The van der Waals surface area contributed by atoms with Crippen molar-refractivity contribution in [1.82, 2.24) is 9.88 Å². The van der Waals surface area contributed by atoms with Crippen LogP contribution in [0.5, 0.6) is 0 Å². The molecule has 1 aliphatic heterocycles. The smallest absolute Gasteiger partial charge is 0.140 e. The van der Waals surface area contributed by atoms with Gasteiger partial charge in [0.25, 0.3) is 0 Å². The van der Waals surface area contributed by atoms with E-state index >= 15 is 0 Å². The van der Waals surface area contributed by atoms with Crippen molar-refractivity contribution < 1.29 is 0 Å². The molecule has 0 aromatic carbocycles. The Morgan fingerprint density at radius 3 is 2.82 bits per heavy atom. The first-order chi connectivity index (χ1) is 8.29. The Labute approximate surface area is 102 Å². The topological polar surface area (TPSA) is 52.0 Å². The van der Waals surface area contributed by atoms with Crippen LogP contribution in [0.2, 0.25) is 0 Å². The number of anilines is 1. The van der Waals surface area contributed by atoms with Crippen molar-refractivity contribution in [3.63, 3.8) is 0 Å². The summed E-state index contributed by atoms with van der Waals surface area (Å²) in [7, 11) is 0. The van der Waals surface area contributed by atoms with Gasteiger partial charge in [0.1, 0.15) is 11.8 Å². The number of rotatable bonds is 4. The summed E-state index contributed by atoms with van der Waals surface area (Å²) in [5.74, 6) is 0. The lowest BCUT2D eigenvalue weighted by Gasteiger charge is -2.24. The zero-order chi connectivity index (χ0) is 12.1. The maximum atomic E-state index is 8.65. The van der Waals surface area contributed by atoms with E-state index in [-0.39, 0.29) is 0 Å². The monoisotopic (exact) mass is 230 g/mol. The highest BCUT2D eigenvalue weighted by Crippen LogP contribution is 2.12. The standard InChI is InChI=1S/C13H18N4/c1-11(17-6-2-3-7-17)9-15-13-5-4-12(8-14)16-10-13/h4-5,10-11,15H,2-3,6-7,9H2,1H3. The van der Waals surface area contributed by atoms with Gasteiger partial charge in [0.15, 0.2) is 0 Å². The second kappa shape index (κ2) is 5.65. The molecule has 1 N–H and O–H groups in total. The Balaban J connectivity index is 1.82. The number of nitriles is 1. The summed E-state index contributed by atoms with van der Waals surface area (Å²) >= 11 is 0. The van der Waals surface area contributed by atoms with E-state index in [0.717, 1.165) is 12.2 Å². The summed E-state index contributed by atoms with van der Waals surface area (Å²) in [6, 6.07) is 6.21. The number of nitrogens with one attached hydrogen (secondary N) is 1. The molecule has 1 aliphatic rings. The zero-order valence-corrected chi connectivity index (χ0v) is 10.2. The van der Waals surface area contributed by atoms with E-state index in [0.29, 0.717) is 11.7 Å². The summed E-state index contributed by atoms with van der Waals surface area (Å²) in [4.78, 5) is 6.54. The second-order valence-electron chi connectivity index (χ2n) is 4.52. The quantitative estimate of drug-likeness (QED) is 0.857. The van der Waals surface area contributed by atoms with Crippen LogP contribution in [-0.4, -0.2) is 35.6 Å². The fourth-order valence-corrected chi connectivity index (χ4v) is 2.14. The molecule has 2 heterocycles. The first-order valence-corrected chi connectivity index (χ1v) is 6.13. The average Bonchev–Trinajstić information content (AvgIpc) is 2.90. The fourth-order valence-electron chi connectivity index (χ4n) is 2.14. The molecule has 1 aromatic rings. The average molecular weight is 230 g/mol. The van der Waals surface area contributed by atoms with E-state index in [1.807, 2.05) is 12.1 Å². The Kier molecular flexibility index (Phi) is 3.94. The van der Waals surface area contributed by atoms with Gasteiger partial charge in [-0.15, -0.1) is 0 Å². The number of hydrogen-bond donors (Lipinski definition) is 1. The van der Waals surface area contributed by atoms with Crippen LogP contribution in [0.15, 0.2) is 18.3 Å². The molecular weight excluding hydrogens is 212 g/mol. The van der Waals surface area contributed by atoms with E-state index in [2.05, 4.69) is 22.1 Å². The van der Waals surface area contributed by atoms with Crippen molar-refractivity contribution in [2.24, 2.45) is 0 Å². The van der Waals surface area contributed by atoms with Crippen LogP contribution in [0.3, 0.4) is 0 Å². The molecule has 4 nitrogen and oxygen atoms in total. The van der Waals surface area contributed by atoms with Crippen LogP contribution in [0.4, 0.5) is 5.69 Å². The fraction of sp³-hybridized carbons (Fsp3) is 0.538. The minimum absolute atomic E-state index is 0.461. The largest absolute Gasteiger partial charge is 0.382 e. The molecule has 0 radical (unpaired) electrons. The molecule has 17 heavy (non-hydrogen) atoms. The van der Waals surface area contributed by atoms with Crippen molar-refractivity contribution in [2.75, 3.05) is 25.0 Å². The zero-order valence-electron chi connectivity index (χ0n) is 10.2. The molecule has 1 saturated heterocycles. The predicted octanol–water partition coefficient (Wildman–Crippen LogP) is 1.85. The van der Waals surface area contributed by atoms with Crippen LogP contribution in [-0.2, 0) is 0 Å². The van der Waals surface area contributed by atoms with Gasteiger partial charge in [0, 0.05) is 12.6 Å². The van der Waals surface area contributed by atoms with E-state index in [4.69, 9.17) is 5.26 Å². The first kappa shape index (κ1) is 11.9. The maximum Gasteiger partial charge on any atom is 0.140 e. The summed E-state index contributed by atoms with van der Waals surface area (Å²) in [5, 5.41) is 12.0. The van der Waals surface area contributed by atoms with E-state index < -0.39 is 0 Å². The van der Waals surface area contributed by atoms with Crippen LogP contribution in [0.1, 0.15) is 25.5 Å². The number of likely N-dealkylation sites (tertiary alicyclic amines) is 1. The Bertz CT molecular complexity index is 387. The van der Waals surface area contributed by atoms with Crippen molar-refractivity contribution in [1.29, 1.82) is 5.26 Å². The van der Waals surface area contributed by atoms with Gasteiger partial charge in [0.05, 0.1) is 11.9 Å². The van der Waals surface area contributed by atoms with Gasteiger partial charge in [-0.25, -0.2) is 4.98 Å². The molecule has 90 valence electrons. The highest BCUT2D eigenvalue weighted by molar-refractivity contribution is 5.42. The molecule has 1 unspecified atom stereocenters. The maximum absolute atomic E-state index is 8.65. The lowest BCUT2D eigenvalue weighted by molar-refractivity contribution is 0.269. The van der Waals surface area contributed by atoms with Gasteiger partial charge >= 0.3 is 0 Å². The SMILES string of the molecule is CC(CNc1ccc(C#N)nc1)N1CCCC1. The van der Waals surface area contributed by atoms with Crippen LogP contribution in [0.25, 0.3) is 0 Å². The van der Waals surface area contributed by atoms with Gasteiger partial charge in [0.2, 0.25) is 0 Å². The van der Waals surface area contributed by atoms with Crippen molar-refractivity contribution >= 4 is 5.69 Å². The first-order valence-electron chi connectivity index (χ1n) is 6.13. The molecule has 0 spiro atoms. The molecule has 0 bridgehead atoms. The highest BCUT2D eigenvalue weighted by atomic mass is 15.2. The van der Waals surface area contributed by atoms with E-state index in [1.165, 1.54) is 25.9 Å². The Morgan fingerprint density at radius 2 is 2.24 bits per heavy atom. The van der Waals surface area contributed by atoms with Crippen LogP contribution in [0, 0.1) is 11.3 Å². The summed E-state index contributed by atoms with van der Waals surface area (Å²) < 4.78 is 0. The third kappa shape index (κ3) is 3.18. The third-order valence-corrected chi connectivity index (χ3v) is 3.24. The predicted molar refractivity (Wildman–Crippen MR) is 67.7 cm³/mol. The van der Waals surface area contributed by atoms with Crippen molar-refractivity contribution in [3.8, 4) is 6.07 Å². The molecule has 0 amide bonds. The highest BCUT2D eigenvalue weighted by Gasteiger charge is 2.17. The van der Waals surface area contributed by atoms with Crippen LogP contribution < -0.4 is 5.32 Å². The number of aromatic nitrogens is 1. The number of pyridine rings is 1. The minimum Gasteiger partial charge on any atom is -0.382 e. The number of hydrogen-bond acceptors (Lipinski definition) is 4. The molecule has 4 heteroatoms. The molecule has 1 fully saturated rings. The van der Waals surface area contributed by atoms with E-state index in [1.54, 1.807) is 12.3 Å². The lowest BCUT2D eigenvalue weighted by atomic mass is 10.3. The molecule has 0 saturated carbocycles. The van der Waals surface area contributed by atoms with Gasteiger partial charge in [-0.05, 0) is 45.0 Å². The van der Waals surface area contributed by atoms with Gasteiger partial charge in [-0.1, -0.05) is 0 Å². The molecule has 0 aliphatic carbocycles. The van der Waals surface area contributed by atoms with Gasteiger partial charge in [-0.2, -0.15) is 5.26 Å². The molecular formula is C13H18N4. The van der Waals surface area contributed by atoms with Crippen molar-refractivity contribution in [3.05, 3.63) is 24.0 Å². The molecule has 1 aromatic heterocycles. The van der Waals surface area contributed by atoms with Crippen LogP contribution >= 0.6 is 0 Å².